The molecule has 2 aromatic rings. The molecule has 0 aliphatic heterocycles. The summed E-state index contributed by atoms with van der Waals surface area (Å²) in [5, 5.41) is 7.18. The maximum absolute atomic E-state index is 5.09. The van der Waals surface area contributed by atoms with Gasteiger partial charge in [0, 0.05) is 12.1 Å². The van der Waals surface area contributed by atoms with Crippen LogP contribution >= 0.6 is 0 Å². The summed E-state index contributed by atoms with van der Waals surface area (Å²) in [5.41, 5.74) is 1.54. The van der Waals surface area contributed by atoms with E-state index < -0.39 is 0 Å². The van der Waals surface area contributed by atoms with Crippen molar-refractivity contribution in [1.82, 2.24) is 10.5 Å². The Bertz CT molecular complexity index is 477. The van der Waals surface area contributed by atoms with E-state index in [1.54, 1.807) is 6.20 Å². The van der Waals surface area contributed by atoms with Gasteiger partial charge in [0.15, 0.2) is 0 Å². The molecule has 19 heavy (non-hydrogen) atoms. The van der Waals surface area contributed by atoms with E-state index in [1.165, 1.54) is 5.56 Å². The summed E-state index contributed by atoms with van der Waals surface area (Å²) in [6.45, 7) is 7.51. The van der Waals surface area contributed by atoms with Crippen LogP contribution in [0.4, 0.5) is 0 Å². The van der Waals surface area contributed by atoms with E-state index in [0.717, 1.165) is 18.7 Å². The Labute approximate surface area is 115 Å². The lowest BCUT2D eigenvalue weighted by Gasteiger charge is -2.29. The van der Waals surface area contributed by atoms with Gasteiger partial charge in [-0.3, -0.25) is 0 Å². The highest BCUT2D eigenvalue weighted by molar-refractivity contribution is 5.23. The lowest BCUT2D eigenvalue weighted by atomic mass is 9.79. The van der Waals surface area contributed by atoms with Gasteiger partial charge in [0.25, 0.3) is 0 Å². The molecule has 3 nitrogen and oxygen atoms in total. The maximum atomic E-state index is 5.09. The number of nitrogens with one attached hydrogen (secondary N) is 1. The fourth-order valence-corrected chi connectivity index (χ4v) is 2.45. The van der Waals surface area contributed by atoms with Gasteiger partial charge in [0.2, 0.25) is 0 Å². The molecule has 0 bridgehead atoms. The maximum Gasteiger partial charge on any atom is 0.150 e. The summed E-state index contributed by atoms with van der Waals surface area (Å²) < 4.78 is 5.09. The van der Waals surface area contributed by atoms with Crippen LogP contribution in [0.2, 0.25) is 0 Å². The van der Waals surface area contributed by atoms with E-state index in [9.17, 15) is 0 Å². The summed E-state index contributed by atoms with van der Waals surface area (Å²) in [6, 6.07) is 13.0. The molecule has 1 aromatic heterocycles. The summed E-state index contributed by atoms with van der Waals surface area (Å²) in [7, 11) is 0. The number of hydrogen-bond acceptors (Lipinski definition) is 3. The second kappa shape index (κ2) is 6.02. The highest BCUT2D eigenvalue weighted by Crippen LogP contribution is 2.28. The van der Waals surface area contributed by atoms with Crippen molar-refractivity contribution < 1.29 is 4.52 Å². The first kappa shape index (κ1) is 13.8. The Morgan fingerprint density at radius 1 is 1.21 bits per heavy atom. The molecule has 0 aliphatic rings. The molecular formula is C16H22N2O. The molecule has 102 valence electrons. The molecule has 0 fully saturated rings. The minimum atomic E-state index is 0.162. The van der Waals surface area contributed by atoms with E-state index >= 15 is 0 Å². The molecule has 1 unspecified atom stereocenters. The van der Waals surface area contributed by atoms with Crippen molar-refractivity contribution in [3.05, 3.63) is 53.9 Å². The molecule has 3 heteroatoms. The van der Waals surface area contributed by atoms with Crippen molar-refractivity contribution in [3.63, 3.8) is 0 Å². The van der Waals surface area contributed by atoms with Crippen LogP contribution in [-0.2, 0) is 12.0 Å². The van der Waals surface area contributed by atoms with E-state index in [2.05, 4.69) is 61.6 Å². The minimum Gasteiger partial charge on any atom is -0.360 e. The SMILES string of the molecule is CC(CC(C)(C)c1ccccc1)NCc1ccno1. The van der Waals surface area contributed by atoms with E-state index in [0.29, 0.717) is 6.04 Å². The summed E-state index contributed by atoms with van der Waals surface area (Å²) in [6.07, 6.45) is 2.75. The number of benzene rings is 1. The molecule has 1 heterocycles. The minimum absolute atomic E-state index is 0.162. The lowest BCUT2D eigenvalue weighted by Crippen LogP contribution is -2.32. The van der Waals surface area contributed by atoms with Gasteiger partial charge in [0.05, 0.1) is 12.7 Å². The topological polar surface area (TPSA) is 38.1 Å². The van der Waals surface area contributed by atoms with Gasteiger partial charge in [-0.15, -0.1) is 0 Å². The molecular weight excluding hydrogens is 236 g/mol. The fraction of sp³-hybridized carbons (Fsp3) is 0.438. The Morgan fingerprint density at radius 3 is 2.58 bits per heavy atom. The van der Waals surface area contributed by atoms with Gasteiger partial charge < -0.3 is 9.84 Å². The summed E-state index contributed by atoms with van der Waals surface area (Å²) >= 11 is 0. The van der Waals surface area contributed by atoms with Crippen molar-refractivity contribution >= 4 is 0 Å². The Hall–Kier alpha value is -1.61. The van der Waals surface area contributed by atoms with Crippen LogP contribution in [0.1, 0.15) is 38.5 Å². The molecule has 0 radical (unpaired) electrons. The molecule has 0 saturated carbocycles. The van der Waals surface area contributed by atoms with E-state index in [1.807, 2.05) is 6.07 Å². The summed E-state index contributed by atoms with van der Waals surface area (Å²) in [4.78, 5) is 0. The third-order valence-corrected chi connectivity index (χ3v) is 3.49. The van der Waals surface area contributed by atoms with Crippen LogP contribution in [0, 0.1) is 0 Å². The molecule has 0 amide bonds. The standard InChI is InChI=1S/C16H22N2O/c1-13(17-12-15-9-10-18-19-15)11-16(2,3)14-7-5-4-6-8-14/h4-10,13,17H,11-12H2,1-3H3. The first-order valence-corrected chi connectivity index (χ1v) is 6.76. The third-order valence-electron chi connectivity index (χ3n) is 3.49. The summed E-state index contributed by atoms with van der Waals surface area (Å²) in [5.74, 6) is 0.879. The molecule has 1 N–H and O–H groups in total. The predicted octanol–water partition coefficient (Wildman–Crippen LogP) is 3.52. The average molecular weight is 258 g/mol. The van der Waals surface area contributed by atoms with Gasteiger partial charge in [-0.1, -0.05) is 49.3 Å². The van der Waals surface area contributed by atoms with Gasteiger partial charge in [-0.05, 0) is 24.3 Å². The number of aromatic nitrogens is 1. The smallest absolute Gasteiger partial charge is 0.150 e. The van der Waals surface area contributed by atoms with Crippen LogP contribution in [0.25, 0.3) is 0 Å². The van der Waals surface area contributed by atoms with E-state index in [-0.39, 0.29) is 5.41 Å². The number of hydrogen-bond donors (Lipinski definition) is 1. The fourth-order valence-electron chi connectivity index (χ4n) is 2.45. The zero-order chi connectivity index (χ0) is 13.7. The predicted molar refractivity (Wildman–Crippen MR) is 76.9 cm³/mol. The van der Waals surface area contributed by atoms with Crippen LogP contribution in [0.15, 0.2) is 47.1 Å². The number of nitrogens with zero attached hydrogens (tertiary/aromatic N) is 1. The van der Waals surface area contributed by atoms with E-state index in [4.69, 9.17) is 4.52 Å². The zero-order valence-electron chi connectivity index (χ0n) is 11.9. The van der Waals surface area contributed by atoms with Crippen LogP contribution in [0.5, 0.6) is 0 Å². The highest BCUT2D eigenvalue weighted by Gasteiger charge is 2.22. The van der Waals surface area contributed by atoms with Gasteiger partial charge in [-0.25, -0.2) is 0 Å². The van der Waals surface area contributed by atoms with Crippen LogP contribution in [0.3, 0.4) is 0 Å². The molecule has 0 aliphatic carbocycles. The second-order valence-corrected chi connectivity index (χ2v) is 5.71. The van der Waals surface area contributed by atoms with Gasteiger partial charge in [0.1, 0.15) is 5.76 Å². The zero-order valence-corrected chi connectivity index (χ0v) is 11.9. The van der Waals surface area contributed by atoms with Crippen molar-refractivity contribution in [1.29, 1.82) is 0 Å². The van der Waals surface area contributed by atoms with Gasteiger partial charge >= 0.3 is 0 Å². The lowest BCUT2D eigenvalue weighted by molar-refractivity contribution is 0.343. The van der Waals surface area contributed by atoms with Gasteiger partial charge in [-0.2, -0.15) is 0 Å². The Balaban J connectivity index is 1.89. The van der Waals surface area contributed by atoms with Crippen LogP contribution < -0.4 is 5.32 Å². The van der Waals surface area contributed by atoms with Crippen molar-refractivity contribution in [2.24, 2.45) is 0 Å². The monoisotopic (exact) mass is 258 g/mol. The van der Waals surface area contributed by atoms with Crippen molar-refractivity contribution in [2.75, 3.05) is 0 Å². The first-order valence-electron chi connectivity index (χ1n) is 6.76. The Morgan fingerprint density at radius 2 is 1.95 bits per heavy atom. The van der Waals surface area contributed by atoms with Crippen molar-refractivity contribution in [2.45, 2.75) is 45.2 Å². The third kappa shape index (κ3) is 3.93. The van der Waals surface area contributed by atoms with Crippen LogP contribution in [-0.4, -0.2) is 11.2 Å². The molecule has 1 aromatic carbocycles. The van der Waals surface area contributed by atoms with Crippen molar-refractivity contribution in [3.8, 4) is 0 Å². The number of rotatable bonds is 6. The average Bonchev–Trinajstić information content (AvgIpc) is 2.90. The highest BCUT2D eigenvalue weighted by atomic mass is 16.5. The molecule has 1 atom stereocenters. The second-order valence-electron chi connectivity index (χ2n) is 5.71. The molecule has 0 spiro atoms. The molecule has 2 rings (SSSR count). The normalized spacial score (nSPS) is 13.4. The molecule has 0 saturated heterocycles. The Kier molecular flexibility index (Phi) is 4.38. The largest absolute Gasteiger partial charge is 0.360 e. The quantitative estimate of drug-likeness (QED) is 0.861. The first-order chi connectivity index (χ1) is 9.08.